The third-order valence-electron chi connectivity index (χ3n) is 9.32. The molecule has 2 aromatic rings. The Morgan fingerprint density at radius 1 is 0.760 bits per heavy atom. The van der Waals surface area contributed by atoms with Gasteiger partial charge in [0.2, 0.25) is 11.9 Å². The lowest BCUT2D eigenvalue weighted by molar-refractivity contribution is -0.367. The number of rotatable bonds is 12. The number of carbonyl (C=O) groups is 4. The van der Waals surface area contributed by atoms with Crippen LogP contribution in [0.1, 0.15) is 91.5 Å². The smallest absolute Gasteiger partial charge is 0.303 e. The second-order valence-corrected chi connectivity index (χ2v) is 19.3. The molecule has 273 valence electrons. The van der Waals surface area contributed by atoms with Gasteiger partial charge in [0.15, 0.2) is 12.2 Å². The summed E-state index contributed by atoms with van der Waals surface area (Å²) >= 11 is 0. The Balaban J connectivity index is 2.05. The Morgan fingerprint density at radius 2 is 1.32 bits per heavy atom. The minimum absolute atomic E-state index is 0.368. The number of esters is 4. The van der Waals surface area contributed by atoms with Crippen LogP contribution in [0.2, 0.25) is 16.6 Å². The zero-order valence-corrected chi connectivity index (χ0v) is 32.2. The molecule has 1 aliphatic heterocycles. The first-order valence-corrected chi connectivity index (χ1v) is 19.3. The Bertz CT molecular complexity index is 1550. The van der Waals surface area contributed by atoms with Gasteiger partial charge in [0.05, 0.1) is 0 Å². The van der Waals surface area contributed by atoms with Gasteiger partial charge in [-0.05, 0) is 35.7 Å². The van der Waals surface area contributed by atoms with Gasteiger partial charge in [0.1, 0.15) is 12.7 Å². The number of ether oxygens (including phenoxy) is 6. The molecule has 1 heterocycles. The molecule has 10 nitrogen and oxygen atoms in total. The lowest BCUT2D eigenvalue weighted by Crippen LogP contribution is -2.67. The van der Waals surface area contributed by atoms with Crippen molar-refractivity contribution in [3.05, 3.63) is 70.8 Å². The molecule has 50 heavy (non-hydrogen) atoms. The molecule has 0 amide bonds. The van der Waals surface area contributed by atoms with E-state index in [1.165, 1.54) is 34.8 Å². The van der Waals surface area contributed by atoms with Crippen LogP contribution in [0.4, 0.5) is 0 Å². The maximum Gasteiger partial charge on any atom is 0.303 e. The zero-order chi connectivity index (χ0) is 37.4. The van der Waals surface area contributed by atoms with Crippen LogP contribution >= 0.6 is 0 Å². The van der Waals surface area contributed by atoms with Crippen LogP contribution in [-0.2, 0) is 59.8 Å². The van der Waals surface area contributed by atoms with Gasteiger partial charge in [-0.1, -0.05) is 79.9 Å². The van der Waals surface area contributed by atoms with Crippen LogP contribution < -0.4 is 0 Å². The van der Waals surface area contributed by atoms with Gasteiger partial charge >= 0.3 is 23.9 Å². The molecule has 5 atom stereocenters. The average molecular weight is 709 g/mol. The van der Waals surface area contributed by atoms with E-state index < -0.39 is 62.2 Å². The highest BCUT2D eigenvalue weighted by molar-refractivity contribution is 6.90. The van der Waals surface area contributed by atoms with Crippen LogP contribution in [0.25, 0.3) is 0 Å². The van der Waals surface area contributed by atoms with Gasteiger partial charge in [0, 0.05) is 45.9 Å². The van der Waals surface area contributed by atoms with Crippen molar-refractivity contribution in [2.45, 2.75) is 122 Å². The second kappa shape index (κ2) is 17.3. The van der Waals surface area contributed by atoms with E-state index in [1.807, 2.05) is 30.3 Å². The predicted octanol–water partition coefficient (Wildman–Crippen LogP) is 6.40. The maximum absolute atomic E-state index is 12.5. The lowest BCUT2D eigenvalue weighted by Gasteiger charge is -2.50. The van der Waals surface area contributed by atoms with Gasteiger partial charge in [-0.2, -0.15) is 0 Å². The molecule has 0 spiro atoms. The normalized spacial score (nSPS) is 22.0. The van der Waals surface area contributed by atoms with E-state index in [0.29, 0.717) is 28.6 Å². The largest absolute Gasteiger partial charge is 0.463 e. The summed E-state index contributed by atoms with van der Waals surface area (Å²) in [6.45, 7) is 18.2. The summed E-state index contributed by atoms with van der Waals surface area (Å²) < 4.78 is 34.7. The molecule has 11 heteroatoms. The molecule has 0 radical (unpaired) electrons. The summed E-state index contributed by atoms with van der Waals surface area (Å²) in [5, 5.41) is 0. The topological polar surface area (TPSA) is 124 Å². The lowest BCUT2D eigenvalue weighted by atomic mass is 9.86. The molecule has 0 N–H and O–H groups in total. The van der Waals surface area contributed by atoms with Gasteiger partial charge in [-0.3, -0.25) is 24.7 Å². The molecule has 3 rings (SSSR count). The van der Waals surface area contributed by atoms with Gasteiger partial charge in [-0.25, -0.2) is 0 Å². The van der Waals surface area contributed by atoms with Crippen LogP contribution in [-0.4, -0.2) is 70.1 Å². The molecule has 0 aromatic heterocycles. The monoisotopic (exact) mass is 708 g/mol. The molecular weight excluding hydrogens is 657 g/mol. The Morgan fingerprint density at radius 3 is 1.82 bits per heavy atom. The van der Waals surface area contributed by atoms with Crippen molar-refractivity contribution in [1.29, 1.82) is 0 Å². The highest BCUT2D eigenvalue weighted by Gasteiger charge is 2.61. The number of methoxy groups -OCH3 is 1. The SMILES string of the molecule is COC1(c2cccc(Cc3ccc(C#C[Si-](C(C)C)(C(C)C)C(C)C)cc3)c2)O[C@H](COC(C)=O)[C@@H](OC(C)=O)[C@H](OC(C)=O)[C@H]1OC(C)=O. The van der Waals surface area contributed by atoms with Crippen molar-refractivity contribution in [1.82, 2.24) is 0 Å². The summed E-state index contributed by atoms with van der Waals surface area (Å²) in [7, 11) is -0.511. The third kappa shape index (κ3) is 9.41. The number of carbonyl (C=O) groups excluding carboxylic acids is 4. The average Bonchev–Trinajstić information content (AvgIpc) is 3.02. The van der Waals surface area contributed by atoms with Crippen LogP contribution in [0.15, 0.2) is 48.5 Å². The van der Waals surface area contributed by atoms with Crippen molar-refractivity contribution in [2.24, 2.45) is 0 Å². The molecule has 1 fully saturated rings. The first kappa shape index (κ1) is 40.4. The van der Waals surface area contributed by atoms with Crippen molar-refractivity contribution >= 4 is 32.0 Å². The first-order chi connectivity index (χ1) is 23.5. The molecule has 0 bridgehead atoms. The van der Waals surface area contributed by atoms with E-state index in [2.05, 4.69) is 65.1 Å². The summed E-state index contributed by atoms with van der Waals surface area (Å²) in [4.78, 5) is 48.8. The fourth-order valence-corrected chi connectivity index (χ4v) is 12.5. The summed E-state index contributed by atoms with van der Waals surface area (Å²) in [5.74, 6) is -1.12. The first-order valence-electron chi connectivity index (χ1n) is 17.1. The Hall–Kier alpha value is -3.98. The van der Waals surface area contributed by atoms with E-state index in [-0.39, 0.29) is 6.61 Å². The fourth-order valence-electron chi connectivity index (χ4n) is 7.23. The van der Waals surface area contributed by atoms with Crippen molar-refractivity contribution in [3.63, 3.8) is 0 Å². The standard InChI is InChI=1S/C39H52O10Si/c1-24(2)50(25(3)4,26(5)6)20-19-31-15-17-32(18-16-31)21-33-13-12-14-34(22-33)39(44-11)38(48-30(10)43)37(47-29(9)42)36(46-28(8)41)35(49-39)23-45-27(7)40/h12-18,22,24-26,35-38H,21,23H2,1-11H3/q-1/t35-,36-,37+,38-,39?/m1/s1. The van der Waals surface area contributed by atoms with E-state index >= 15 is 0 Å². The second-order valence-electron chi connectivity index (χ2n) is 13.7. The summed E-state index contributed by atoms with van der Waals surface area (Å²) in [5.41, 5.74) is 8.74. The fraction of sp³-hybridized carbons (Fsp3) is 0.538. The molecule has 1 aliphatic rings. The van der Waals surface area contributed by atoms with E-state index in [4.69, 9.17) is 28.4 Å². The van der Waals surface area contributed by atoms with E-state index in [1.54, 1.807) is 6.07 Å². The summed E-state index contributed by atoms with van der Waals surface area (Å²) in [6, 6.07) is 15.5. The minimum atomic E-state index is -1.87. The van der Waals surface area contributed by atoms with Crippen LogP contribution in [0.5, 0.6) is 0 Å². The van der Waals surface area contributed by atoms with Crippen molar-refractivity contribution in [3.8, 4) is 11.5 Å². The highest BCUT2D eigenvalue weighted by atomic mass is 28.3. The molecule has 1 unspecified atom stereocenters. The highest BCUT2D eigenvalue weighted by Crippen LogP contribution is 2.44. The molecular formula is C39H52O10Si-. The molecule has 0 saturated carbocycles. The number of hydrogen-bond donors (Lipinski definition) is 0. The Kier molecular flexibility index (Phi) is 14.0. The third-order valence-corrected chi connectivity index (χ3v) is 15.6. The van der Waals surface area contributed by atoms with E-state index in [9.17, 15) is 19.2 Å². The number of hydrogen-bond acceptors (Lipinski definition) is 10. The van der Waals surface area contributed by atoms with Crippen LogP contribution in [0.3, 0.4) is 0 Å². The minimum Gasteiger partial charge on any atom is -0.463 e. The molecule has 0 aliphatic carbocycles. The molecule has 2 aromatic carbocycles. The zero-order valence-electron chi connectivity index (χ0n) is 31.2. The van der Waals surface area contributed by atoms with Crippen LogP contribution in [0, 0.1) is 11.5 Å². The Labute approximate surface area is 297 Å². The maximum atomic E-state index is 12.5. The van der Waals surface area contributed by atoms with Gasteiger partial charge in [0.25, 0.3) is 0 Å². The predicted molar refractivity (Wildman–Crippen MR) is 190 cm³/mol. The summed E-state index contributed by atoms with van der Waals surface area (Å²) in [6.07, 6.45) is -4.72. The van der Waals surface area contributed by atoms with Crippen molar-refractivity contribution in [2.75, 3.05) is 13.7 Å². The molecule has 1 saturated heterocycles. The van der Waals surface area contributed by atoms with Gasteiger partial charge in [-0.15, -0.1) is 22.5 Å². The number of benzene rings is 2. The quantitative estimate of drug-likeness (QED) is 0.106. The van der Waals surface area contributed by atoms with Crippen molar-refractivity contribution < 1.29 is 47.6 Å². The van der Waals surface area contributed by atoms with Gasteiger partial charge < -0.3 is 28.4 Å². The van der Waals surface area contributed by atoms with E-state index in [0.717, 1.165) is 16.7 Å².